The molecular formula is C20H18F6O3. The fraction of sp³-hybridized carbons (Fsp3) is 0.350. The van der Waals surface area contributed by atoms with Gasteiger partial charge in [-0.2, -0.15) is 0 Å². The Morgan fingerprint density at radius 1 is 0.862 bits per heavy atom. The first-order valence-corrected chi connectivity index (χ1v) is 8.62. The van der Waals surface area contributed by atoms with Crippen LogP contribution in [0.1, 0.15) is 33.3 Å². The standard InChI is InChI=1S/C11H11F3O2.C9H7F3O/c12-9-3-1-2-7(8(9)6-10(13)14)11-15-4-5-16-11;10-8-3-1-2-6(5-13)7(8)4-9(11)12/h1-3,10-11H,4-6H2;1-3,5,9H,4H2. The van der Waals surface area contributed by atoms with Crippen LogP contribution in [0.2, 0.25) is 0 Å². The van der Waals surface area contributed by atoms with Crippen LogP contribution in [0.5, 0.6) is 0 Å². The number of hydrogen-bond acceptors (Lipinski definition) is 3. The van der Waals surface area contributed by atoms with E-state index in [1.165, 1.54) is 18.2 Å². The average molecular weight is 420 g/mol. The van der Waals surface area contributed by atoms with E-state index in [2.05, 4.69) is 0 Å². The summed E-state index contributed by atoms with van der Waals surface area (Å²) in [7, 11) is 0. The summed E-state index contributed by atoms with van der Waals surface area (Å²) in [6.07, 6.45) is -6.91. The van der Waals surface area contributed by atoms with Crippen molar-refractivity contribution in [1.29, 1.82) is 0 Å². The molecule has 3 rings (SSSR count). The van der Waals surface area contributed by atoms with Crippen molar-refractivity contribution in [2.45, 2.75) is 32.0 Å². The number of benzene rings is 2. The third kappa shape index (κ3) is 6.57. The second kappa shape index (κ2) is 11.0. The van der Waals surface area contributed by atoms with E-state index in [0.29, 0.717) is 25.1 Å². The van der Waals surface area contributed by atoms with E-state index in [0.717, 1.165) is 12.1 Å². The Kier molecular flexibility index (Phi) is 8.66. The maximum absolute atomic E-state index is 13.4. The molecule has 1 aliphatic rings. The van der Waals surface area contributed by atoms with Gasteiger partial charge >= 0.3 is 0 Å². The minimum atomic E-state index is -2.64. The van der Waals surface area contributed by atoms with E-state index in [4.69, 9.17) is 9.47 Å². The molecule has 0 amide bonds. The maximum atomic E-state index is 13.4. The lowest BCUT2D eigenvalue weighted by Crippen LogP contribution is -2.08. The van der Waals surface area contributed by atoms with Crippen molar-refractivity contribution in [1.82, 2.24) is 0 Å². The summed E-state index contributed by atoms with van der Waals surface area (Å²) in [5.74, 6) is -1.40. The Balaban J connectivity index is 0.000000212. The number of halogens is 6. The van der Waals surface area contributed by atoms with Gasteiger partial charge in [0.1, 0.15) is 17.9 Å². The molecule has 3 nitrogen and oxygen atoms in total. The van der Waals surface area contributed by atoms with Crippen LogP contribution in [-0.4, -0.2) is 32.4 Å². The molecule has 0 bridgehead atoms. The molecule has 2 aromatic rings. The highest BCUT2D eigenvalue weighted by molar-refractivity contribution is 5.77. The Morgan fingerprint density at radius 2 is 1.38 bits per heavy atom. The van der Waals surface area contributed by atoms with Gasteiger partial charge in [-0.15, -0.1) is 0 Å². The second-order valence-corrected chi connectivity index (χ2v) is 6.00. The molecule has 0 atom stereocenters. The van der Waals surface area contributed by atoms with Gasteiger partial charge in [0.15, 0.2) is 6.29 Å². The summed E-state index contributed by atoms with van der Waals surface area (Å²) in [5.41, 5.74) is 0.106. The monoisotopic (exact) mass is 420 g/mol. The zero-order valence-corrected chi connectivity index (χ0v) is 15.1. The van der Waals surface area contributed by atoms with Crippen LogP contribution in [0, 0.1) is 11.6 Å². The fourth-order valence-electron chi connectivity index (χ4n) is 2.76. The van der Waals surface area contributed by atoms with Crippen molar-refractivity contribution in [3.05, 3.63) is 70.3 Å². The number of carbonyl (C=O) groups is 1. The van der Waals surface area contributed by atoms with Gasteiger partial charge in [0.25, 0.3) is 0 Å². The molecule has 1 saturated heterocycles. The largest absolute Gasteiger partial charge is 0.346 e. The first kappa shape index (κ1) is 22.9. The predicted octanol–water partition coefficient (Wildman–Crippen LogP) is 5.12. The molecule has 9 heteroatoms. The van der Waals surface area contributed by atoms with E-state index in [9.17, 15) is 31.1 Å². The normalized spacial score (nSPS) is 14.2. The van der Waals surface area contributed by atoms with Crippen molar-refractivity contribution in [3.63, 3.8) is 0 Å². The van der Waals surface area contributed by atoms with Crippen LogP contribution in [-0.2, 0) is 22.3 Å². The van der Waals surface area contributed by atoms with Crippen LogP contribution < -0.4 is 0 Å². The van der Waals surface area contributed by atoms with Crippen LogP contribution in [0.25, 0.3) is 0 Å². The first-order valence-electron chi connectivity index (χ1n) is 8.62. The van der Waals surface area contributed by atoms with Crippen molar-refractivity contribution in [2.24, 2.45) is 0 Å². The van der Waals surface area contributed by atoms with Gasteiger partial charge in [0.2, 0.25) is 12.9 Å². The summed E-state index contributed by atoms with van der Waals surface area (Å²) in [4.78, 5) is 10.3. The van der Waals surface area contributed by atoms with Crippen LogP contribution in [0.15, 0.2) is 36.4 Å². The van der Waals surface area contributed by atoms with Gasteiger partial charge in [-0.1, -0.05) is 24.3 Å². The third-order valence-corrected chi connectivity index (χ3v) is 4.03. The lowest BCUT2D eigenvalue weighted by Gasteiger charge is -2.15. The smallest absolute Gasteiger partial charge is 0.242 e. The predicted molar refractivity (Wildman–Crippen MR) is 92.2 cm³/mol. The van der Waals surface area contributed by atoms with Gasteiger partial charge in [-0.05, 0) is 12.1 Å². The third-order valence-electron chi connectivity index (χ3n) is 4.03. The molecule has 0 N–H and O–H groups in total. The lowest BCUT2D eigenvalue weighted by atomic mass is 10.0. The highest BCUT2D eigenvalue weighted by Crippen LogP contribution is 2.29. The molecule has 0 unspecified atom stereocenters. The highest BCUT2D eigenvalue weighted by Gasteiger charge is 2.24. The number of aldehydes is 1. The Labute approximate surface area is 163 Å². The number of ether oxygens (including phenoxy) is 2. The van der Waals surface area contributed by atoms with E-state index in [-0.39, 0.29) is 16.7 Å². The number of alkyl halides is 4. The molecule has 0 spiro atoms. The number of carbonyl (C=O) groups excluding carboxylic acids is 1. The zero-order chi connectivity index (χ0) is 21.4. The lowest BCUT2D eigenvalue weighted by molar-refractivity contribution is -0.0452. The zero-order valence-electron chi connectivity index (χ0n) is 15.1. The summed E-state index contributed by atoms with van der Waals surface area (Å²) < 4.78 is 85.2. The summed E-state index contributed by atoms with van der Waals surface area (Å²) in [5, 5.41) is 0. The molecule has 158 valence electrons. The molecule has 0 saturated carbocycles. The van der Waals surface area contributed by atoms with Crippen molar-refractivity contribution in [3.8, 4) is 0 Å². The van der Waals surface area contributed by atoms with Gasteiger partial charge in [0.05, 0.1) is 13.2 Å². The van der Waals surface area contributed by atoms with Gasteiger partial charge < -0.3 is 9.47 Å². The van der Waals surface area contributed by atoms with Crippen molar-refractivity contribution in [2.75, 3.05) is 13.2 Å². The molecule has 0 aliphatic carbocycles. The number of rotatable bonds is 6. The minimum Gasteiger partial charge on any atom is -0.346 e. The summed E-state index contributed by atoms with van der Waals surface area (Å²) in [6, 6.07) is 7.87. The van der Waals surface area contributed by atoms with Crippen molar-refractivity contribution >= 4 is 6.29 Å². The van der Waals surface area contributed by atoms with Gasteiger partial charge in [0, 0.05) is 35.1 Å². The SMILES string of the molecule is Fc1cccc(C2OCCO2)c1CC(F)F.O=Cc1cccc(F)c1CC(F)F. The average Bonchev–Trinajstić information content (AvgIpc) is 3.19. The van der Waals surface area contributed by atoms with Gasteiger partial charge in [-0.3, -0.25) is 4.79 Å². The molecule has 1 aliphatic heterocycles. The molecule has 29 heavy (non-hydrogen) atoms. The molecule has 0 radical (unpaired) electrons. The molecule has 2 aromatic carbocycles. The van der Waals surface area contributed by atoms with E-state index in [1.807, 2.05) is 0 Å². The van der Waals surface area contributed by atoms with Gasteiger partial charge in [-0.25, -0.2) is 26.3 Å². The Bertz CT molecular complexity index is 807. The second-order valence-electron chi connectivity index (χ2n) is 6.00. The highest BCUT2D eigenvalue weighted by atomic mass is 19.3. The van der Waals surface area contributed by atoms with Crippen LogP contribution in [0.3, 0.4) is 0 Å². The molecule has 0 aromatic heterocycles. The fourth-order valence-corrected chi connectivity index (χ4v) is 2.76. The Hall–Kier alpha value is -2.39. The minimum absolute atomic E-state index is 0.0136. The first-order chi connectivity index (χ1) is 13.8. The summed E-state index contributed by atoms with van der Waals surface area (Å²) in [6.45, 7) is 0.796. The Morgan fingerprint density at radius 3 is 1.93 bits per heavy atom. The number of hydrogen-bond donors (Lipinski definition) is 0. The summed E-state index contributed by atoms with van der Waals surface area (Å²) >= 11 is 0. The van der Waals surface area contributed by atoms with E-state index < -0.39 is 43.6 Å². The van der Waals surface area contributed by atoms with E-state index in [1.54, 1.807) is 6.07 Å². The van der Waals surface area contributed by atoms with Crippen molar-refractivity contribution < 1.29 is 40.6 Å². The topological polar surface area (TPSA) is 35.5 Å². The molecule has 1 fully saturated rings. The van der Waals surface area contributed by atoms with E-state index >= 15 is 0 Å². The molecule has 1 heterocycles. The quantitative estimate of drug-likeness (QED) is 0.481. The van der Waals surface area contributed by atoms with Crippen LogP contribution >= 0.6 is 0 Å². The maximum Gasteiger partial charge on any atom is 0.242 e. The molecular weight excluding hydrogens is 402 g/mol. The van der Waals surface area contributed by atoms with Crippen LogP contribution in [0.4, 0.5) is 26.3 Å².